The number of aromatic nitrogens is 2. The van der Waals surface area contributed by atoms with Crippen LogP contribution in [0.15, 0.2) is 18.2 Å². The molecule has 1 aromatic carbocycles. The number of hydrogen-bond donors (Lipinski definition) is 2. The fourth-order valence-electron chi connectivity index (χ4n) is 4.38. The van der Waals surface area contributed by atoms with E-state index in [0.29, 0.717) is 23.2 Å². The lowest BCUT2D eigenvalue weighted by molar-refractivity contribution is -0.265. The summed E-state index contributed by atoms with van der Waals surface area (Å²) in [5, 5.41) is 2.22. The van der Waals surface area contributed by atoms with Crippen LogP contribution in [0.2, 0.25) is 25.7 Å². The Morgan fingerprint density at radius 3 is 2.38 bits per heavy atom. The lowest BCUT2D eigenvalue weighted by atomic mass is 10.0. The first-order valence-corrected chi connectivity index (χ1v) is 19.7. The van der Waals surface area contributed by atoms with Crippen molar-refractivity contribution in [1.29, 1.82) is 0 Å². The fraction of sp³-hybridized carbons (Fsp3) is 0.724. The third-order valence-corrected chi connectivity index (χ3v) is 10.9. The van der Waals surface area contributed by atoms with Crippen molar-refractivity contribution in [2.75, 3.05) is 26.3 Å². The number of rotatable bonds is 13. The second kappa shape index (κ2) is 13.5. The van der Waals surface area contributed by atoms with E-state index in [1.54, 1.807) is 50.5 Å². The number of benzene rings is 1. The van der Waals surface area contributed by atoms with Gasteiger partial charge in [0, 0.05) is 14.7 Å². The van der Waals surface area contributed by atoms with Gasteiger partial charge in [-0.05, 0) is 65.3 Å². The smallest absolute Gasteiger partial charge is 0.364 e. The predicted octanol–water partition coefficient (Wildman–Crippen LogP) is 6.52. The Labute approximate surface area is 265 Å². The maximum Gasteiger partial charge on any atom is 0.416 e. The highest BCUT2D eigenvalue weighted by atomic mass is 32.2. The average Bonchev–Trinajstić information content (AvgIpc) is 3.25. The summed E-state index contributed by atoms with van der Waals surface area (Å²) >= 11 is 0. The lowest BCUT2D eigenvalue weighted by Gasteiger charge is -2.37. The van der Waals surface area contributed by atoms with Crippen LogP contribution in [0, 0.1) is 0 Å². The molecule has 1 fully saturated rings. The number of fused-ring (bicyclic) bond motifs is 1. The average molecular weight is 684 g/mol. The van der Waals surface area contributed by atoms with E-state index in [-0.39, 0.29) is 12.6 Å². The van der Waals surface area contributed by atoms with Crippen LogP contribution in [0.4, 0.5) is 26.7 Å². The number of ether oxygens (including phenoxy) is 2. The summed E-state index contributed by atoms with van der Waals surface area (Å²) in [5.74, 6) is -2.86. The molecular formula is C29H46F5N5O4SSi. The van der Waals surface area contributed by atoms with E-state index in [4.69, 9.17) is 14.5 Å². The van der Waals surface area contributed by atoms with Crippen LogP contribution < -0.4 is 10.0 Å². The van der Waals surface area contributed by atoms with Crippen LogP contribution in [0.5, 0.6) is 0 Å². The summed E-state index contributed by atoms with van der Waals surface area (Å²) in [6.45, 7) is 13.7. The largest absolute Gasteiger partial charge is 0.416 e. The number of urea groups is 1. The molecule has 1 saturated heterocycles. The molecule has 3 atom stereocenters. The van der Waals surface area contributed by atoms with Crippen LogP contribution in [0.3, 0.4) is 0 Å². The third kappa shape index (κ3) is 9.69. The second-order valence-electron chi connectivity index (χ2n) is 14.2. The molecule has 9 nitrogen and oxygen atoms in total. The van der Waals surface area contributed by atoms with Crippen LogP contribution in [-0.2, 0) is 27.2 Å². The molecule has 45 heavy (non-hydrogen) atoms. The normalized spacial score (nSPS) is 18.6. The molecule has 1 aliphatic rings. The van der Waals surface area contributed by atoms with E-state index in [1.807, 2.05) is 0 Å². The molecule has 1 aliphatic heterocycles. The van der Waals surface area contributed by atoms with Crippen LogP contribution in [-0.4, -0.2) is 81.5 Å². The Balaban J connectivity index is 2.08. The van der Waals surface area contributed by atoms with Crippen LogP contribution in [0.25, 0.3) is 11.0 Å². The monoisotopic (exact) mass is 683 g/mol. The molecule has 16 heteroatoms. The Bertz CT molecular complexity index is 1370. The van der Waals surface area contributed by atoms with Gasteiger partial charge in [-0.1, -0.05) is 25.7 Å². The van der Waals surface area contributed by atoms with Gasteiger partial charge in [-0.3, -0.25) is 0 Å². The molecule has 0 unspecified atom stereocenters. The number of alkyl halides is 5. The van der Waals surface area contributed by atoms with E-state index in [0.717, 1.165) is 24.8 Å². The first kappa shape index (κ1) is 37.3. The van der Waals surface area contributed by atoms with Crippen molar-refractivity contribution in [2.45, 2.75) is 108 Å². The number of halogens is 5. The lowest BCUT2D eigenvalue weighted by Crippen LogP contribution is -2.57. The van der Waals surface area contributed by atoms with Crippen molar-refractivity contribution in [1.82, 2.24) is 24.5 Å². The Morgan fingerprint density at radius 2 is 1.80 bits per heavy atom. The zero-order chi connectivity index (χ0) is 34.2. The molecule has 2 aromatic rings. The summed E-state index contributed by atoms with van der Waals surface area (Å²) in [5.41, 5.74) is -1.01. The number of hydrogen-bond acceptors (Lipinski definition) is 5. The van der Waals surface area contributed by atoms with Gasteiger partial charge < -0.3 is 24.3 Å². The number of amides is 2. The highest BCUT2D eigenvalue weighted by Crippen LogP contribution is 2.35. The minimum atomic E-state index is -4.66. The Morgan fingerprint density at radius 1 is 1.16 bits per heavy atom. The fourth-order valence-corrected chi connectivity index (χ4v) is 5.92. The number of imidazole rings is 1. The van der Waals surface area contributed by atoms with Gasteiger partial charge >= 0.3 is 12.2 Å². The van der Waals surface area contributed by atoms with E-state index >= 15 is 0 Å². The Kier molecular flexibility index (Phi) is 11.2. The van der Waals surface area contributed by atoms with Crippen LogP contribution >= 0.6 is 0 Å². The number of carbonyl (C=O) groups is 1. The molecule has 256 valence electrons. The molecule has 2 N–H and O–H groups in total. The van der Waals surface area contributed by atoms with Gasteiger partial charge in [0.15, 0.2) is 5.60 Å². The zero-order valence-electron chi connectivity index (χ0n) is 27.4. The summed E-state index contributed by atoms with van der Waals surface area (Å²) in [6, 6.07) is 3.52. The molecule has 0 saturated carbocycles. The molecule has 0 bridgehead atoms. The number of carbonyl (C=O) groups excluding carboxylic acids is 1. The maximum atomic E-state index is 14.1. The Hall–Kier alpha value is -2.14. The summed E-state index contributed by atoms with van der Waals surface area (Å²) < 4.78 is 97.9. The van der Waals surface area contributed by atoms with Crippen molar-refractivity contribution in [3.63, 3.8) is 0 Å². The molecule has 3 rings (SSSR count). The van der Waals surface area contributed by atoms with E-state index in [1.165, 1.54) is 0 Å². The van der Waals surface area contributed by atoms with E-state index < -0.39 is 79.3 Å². The molecule has 1 aromatic heterocycles. The van der Waals surface area contributed by atoms with E-state index in [2.05, 4.69) is 29.7 Å². The van der Waals surface area contributed by atoms with Gasteiger partial charge in [-0.15, -0.1) is 0 Å². The van der Waals surface area contributed by atoms with E-state index in [9.17, 15) is 31.0 Å². The topological polar surface area (TPSA) is 97.7 Å². The standard InChI is InChI=1S/C29H46F5N5O4SSi/c1-19(38-17-28(30,31)16-35-25(38)40)20-10-11-23-21(14-20)36-24(39(23)18-42-12-13-45(7,8)9)22(37-44(41)26(2,3)4)15-43-27(5,6)29(32,33)34/h10-11,14,19,22,37H,12-13,15-18H2,1-9H3,(H,35,40)/t19-,22+,44-/m1/s1. The van der Waals surface area contributed by atoms with Crippen molar-refractivity contribution in [3.8, 4) is 0 Å². The van der Waals surface area contributed by atoms with Gasteiger partial charge in [0.05, 0.1) is 52.5 Å². The highest BCUT2D eigenvalue weighted by molar-refractivity contribution is 7.84. The molecule has 0 aliphatic carbocycles. The SMILES string of the molecule is C[C@H](c1ccc2c(c1)nc([C@H](COC(C)(C)C(F)(F)F)N[S@](=O)C(C)(C)C)n2COCC[Si](C)(C)C)N1CC(F)(F)CNC1=O. The van der Waals surface area contributed by atoms with Crippen molar-refractivity contribution in [2.24, 2.45) is 0 Å². The molecule has 0 spiro atoms. The molecule has 2 heterocycles. The van der Waals surface area contributed by atoms with Crippen molar-refractivity contribution < 1.29 is 40.4 Å². The van der Waals surface area contributed by atoms with Gasteiger partial charge in [-0.2, -0.15) is 13.2 Å². The summed E-state index contributed by atoms with van der Waals surface area (Å²) in [4.78, 5) is 18.2. The number of nitrogens with one attached hydrogen (secondary N) is 2. The quantitative estimate of drug-likeness (QED) is 0.142. The zero-order valence-corrected chi connectivity index (χ0v) is 29.2. The number of nitrogens with zero attached hydrogens (tertiary/aromatic N) is 3. The minimum Gasteiger partial charge on any atom is -0.364 e. The van der Waals surface area contributed by atoms with Gasteiger partial charge in [0.1, 0.15) is 18.6 Å². The summed E-state index contributed by atoms with van der Waals surface area (Å²) in [7, 11) is -3.15. The highest BCUT2D eigenvalue weighted by Gasteiger charge is 2.49. The predicted molar refractivity (Wildman–Crippen MR) is 167 cm³/mol. The molecule has 0 radical (unpaired) electrons. The molecular weight excluding hydrogens is 637 g/mol. The van der Waals surface area contributed by atoms with Crippen molar-refractivity contribution in [3.05, 3.63) is 29.6 Å². The minimum absolute atomic E-state index is 0.00889. The van der Waals surface area contributed by atoms with Crippen LogP contribution in [0.1, 0.15) is 65.0 Å². The van der Waals surface area contributed by atoms with Gasteiger partial charge in [0.2, 0.25) is 0 Å². The second-order valence-corrected chi connectivity index (χ2v) is 21.8. The van der Waals surface area contributed by atoms with Crippen molar-refractivity contribution >= 4 is 36.1 Å². The van der Waals surface area contributed by atoms with Gasteiger partial charge in [0.25, 0.3) is 5.92 Å². The first-order chi connectivity index (χ1) is 20.4. The van der Waals surface area contributed by atoms with Gasteiger partial charge in [-0.25, -0.2) is 27.5 Å². The maximum absolute atomic E-state index is 14.1. The first-order valence-electron chi connectivity index (χ1n) is 14.8. The third-order valence-electron chi connectivity index (χ3n) is 7.54. The summed E-state index contributed by atoms with van der Waals surface area (Å²) in [6.07, 6.45) is -4.66. The molecule has 2 amide bonds.